The lowest BCUT2D eigenvalue weighted by Gasteiger charge is -2.16. The Kier molecular flexibility index (Phi) is 5.87. The summed E-state index contributed by atoms with van der Waals surface area (Å²) in [6, 6.07) is 34.5. The Morgan fingerprint density at radius 2 is 1.33 bits per heavy atom. The minimum Gasteiger partial charge on any atom is -0.311 e. The molecule has 46 heavy (non-hydrogen) atoms. The van der Waals surface area contributed by atoms with Crippen molar-refractivity contribution in [2.75, 3.05) is 0 Å². The van der Waals surface area contributed by atoms with Crippen molar-refractivity contribution < 1.29 is 0 Å². The van der Waals surface area contributed by atoms with E-state index in [9.17, 15) is 5.26 Å². The third-order valence-corrected chi connectivity index (χ3v) is 8.77. The summed E-state index contributed by atoms with van der Waals surface area (Å²) in [4.78, 5) is 19.8. The van der Waals surface area contributed by atoms with Gasteiger partial charge < -0.3 is 4.57 Å². The molecule has 7 nitrogen and oxygen atoms in total. The molecule has 0 atom stereocenters. The molecular weight excluding hydrogens is 566 g/mol. The SMILES string of the molecule is N#Cc1ccc(-c2nc(-c3ccccc3)nc(-n3c4ccccc4c4ccc5c6cnccc6n(C6=CC=CCC6)c5c43)n2)cc1. The number of aromatic nitrogens is 6. The number of pyridine rings is 1. The smallest absolute Gasteiger partial charge is 0.238 e. The maximum Gasteiger partial charge on any atom is 0.238 e. The molecule has 7 heteroatoms. The summed E-state index contributed by atoms with van der Waals surface area (Å²) in [5.74, 6) is 1.64. The molecular formula is C39H25N7. The first-order valence-corrected chi connectivity index (χ1v) is 15.3. The van der Waals surface area contributed by atoms with Crippen LogP contribution in [0.15, 0.2) is 128 Å². The van der Waals surface area contributed by atoms with E-state index < -0.39 is 0 Å². The maximum atomic E-state index is 9.41. The molecule has 0 radical (unpaired) electrons. The zero-order valence-electron chi connectivity index (χ0n) is 24.7. The molecule has 0 N–H and O–H groups in total. The lowest BCUT2D eigenvalue weighted by molar-refractivity contribution is 0.950. The van der Waals surface area contributed by atoms with E-state index in [1.807, 2.05) is 54.9 Å². The Balaban J connectivity index is 1.44. The summed E-state index contributed by atoms with van der Waals surface area (Å²) >= 11 is 0. The fourth-order valence-electron chi connectivity index (χ4n) is 6.68. The first-order valence-electron chi connectivity index (χ1n) is 15.3. The van der Waals surface area contributed by atoms with Gasteiger partial charge in [-0.3, -0.25) is 9.55 Å². The lowest BCUT2D eigenvalue weighted by Crippen LogP contribution is -2.07. The summed E-state index contributed by atoms with van der Waals surface area (Å²) in [5.41, 5.74) is 7.78. The number of benzene rings is 4. The zero-order valence-corrected chi connectivity index (χ0v) is 24.7. The number of hydrogen-bond donors (Lipinski definition) is 0. The van der Waals surface area contributed by atoms with Gasteiger partial charge in [0, 0.05) is 50.8 Å². The van der Waals surface area contributed by atoms with Crippen LogP contribution >= 0.6 is 0 Å². The molecule has 0 amide bonds. The van der Waals surface area contributed by atoms with Crippen LogP contribution in [-0.4, -0.2) is 29.1 Å². The minimum atomic E-state index is 0.527. The molecule has 0 unspecified atom stereocenters. The van der Waals surface area contributed by atoms with Crippen LogP contribution in [0.3, 0.4) is 0 Å². The van der Waals surface area contributed by atoms with Crippen molar-refractivity contribution in [2.45, 2.75) is 12.8 Å². The quantitative estimate of drug-likeness (QED) is 0.204. The highest BCUT2D eigenvalue weighted by Gasteiger charge is 2.24. The van der Waals surface area contributed by atoms with Crippen LogP contribution in [0, 0.1) is 11.3 Å². The Morgan fingerprint density at radius 3 is 2.09 bits per heavy atom. The Bertz CT molecular complexity index is 2580. The molecule has 1 aliphatic rings. The summed E-state index contributed by atoms with van der Waals surface area (Å²) in [6.07, 6.45) is 12.3. The number of nitriles is 1. The van der Waals surface area contributed by atoms with Gasteiger partial charge >= 0.3 is 0 Å². The minimum absolute atomic E-state index is 0.527. The summed E-state index contributed by atoms with van der Waals surface area (Å²) < 4.78 is 4.59. The van der Waals surface area contributed by atoms with Crippen LogP contribution < -0.4 is 0 Å². The standard InChI is InChI=1S/C39H25N7/c40-23-25-15-17-27(18-16-25)38-42-37(26-9-3-1-4-10-26)43-39(44-38)46-33-14-8-7-13-29(33)30-19-20-31-32-24-41-22-21-34(32)45(35(31)36(30)46)28-11-5-2-6-12-28/h1-5,7-11,13-22,24H,6,12H2. The van der Waals surface area contributed by atoms with Gasteiger partial charge in [-0.05, 0) is 55.3 Å². The molecule has 0 aliphatic heterocycles. The van der Waals surface area contributed by atoms with E-state index in [0.717, 1.165) is 67.6 Å². The van der Waals surface area contributed by atoms with Crippen LogP contribution in [0.2, 0.25) is 0 Å². The van der Waals surface area contributed by atoms with Crippen LogP contribution in [-0.2, 0) is 0 Å². The van der Waals surface area contributed by atoms with Gasteiger partial charge in [-0.2, -0.15) is 15.2 Å². The average Bonchev–Trinajstić information content (AvgIpc) is 3.65. The first kappa shape index (κ1) is 26.1. The van der Waals surface area contributed by atoms with Gasteiger partial charge in [0.15, 0.2) is 11.6 Å². The van der Waals surface area contributed by atoms with Crippen LogP contribution in [0.4, 0.5) is 0 Å². The van der Waals surface area contributed by atoms with E-state index in [0.29, 0.717) is 23.2 Å². The average molecular weight is 592 g/mol. The zero-order chi connectivity index (χ0) is 30.6. The predicted molar refractivity (Wildman–Crippen MR) is 183 cm³/mol. The molecule has 0 saturated carbocycles. The van der Waals surface area contributed by atoms with Gasteiger partial charge in [-0.25, -0.2) is 4.98 Å². The molecule has 216 valence electrons. The predicted octanol–water partition coefficient (Wildman–Crippen LogP) is 8.87. The van der Waals surface area contributed by atoms with Crippen molar-refractivity contribution in [3.63, 3.8) is 0 Å². The molecule has 0 spiro atoms. The second kappa shape index (κ2) is 10.4. The van der Waals surface area contributed by atoms with Gasteiger partial charge in [0.2, 0.25) is 5.95 Å². The molecule has 0 saturated heterocycles. The number of para-hydroxylation sites is 1. The molecule has 4 aromatic carbocycles. The second-order valence-corrected chi connectivity index (χ2v) is 11.4. The molecule has 4 aromatic heterocycles. The number of rotatable bonds is 4. The van der Waals surface area contributed by atoms with Gasteiger partial charge in [-0.1, -0.05) is 72.8 Å². The Labute approximate surface area is 264 Å². The van der Waals surface area contributed by atoms with Crippen molar-refractivity contribution in [2.24, 2.45) is 0 Å². The highest BCUT2D eigenvalue weighted by atomic mass is 15.2. The molecule has 1 aliphatic carbocycles. The van der Waals surface area contributed by atoms with Gasteiger partial charge in [-0.15, -0.1) is 0 Å². The van der Waals surface area contributed by atoms with E-state index in [1.165, 1.54) is 5.70 Å². The largest absolute Gasteiger partial charge is 0.311 e. The summed E-state index contributed by atoms with van der Waals surface area (Å²) in [6.45, 7) is 0. The van der Waals surface area contributed by atoms with E-state index in [4.69, 9.17) is 15.0 Å². The van der Waals surface area contributed by atoms with Gasteiger partial charge in [0.05, 0.1) is 33.7 Å². The van der Waals surface area contributed by atoms with Crippen molar-refractivity contribution >= 4 is 49.3 Å². The highest BCUT2D eigenvalue weighted by Crippen LogP contribution is 2.42. The number of hydrogen-bond acceptors (Lipinski definition) is 5. The molecule has 4 heterocycles. The van der Waals surface area contributed by atoms with Gasteiger partial charge in [0.25, 0.3) is 0 Å². The number of nitrogens with zero attached hydrogens (tertiary/aromatic N) is 7. The van der Waals surface area contributed by atoms with Gasteiger partial charge in [0.1, 0.15) is 0 Å². The molecule has 9 rings (SSSR count). The highest BCUT2D eigenvalue weighted by molar-refractivity contribution is 6.24. The number of allylic oxidation sites excluding steroid dienone is 4. The summed E-state index contributed by atoms with van der Waals surface area (Å²) in [5, 5.41) is 13.9. The fourth-order valence-corrected chi connectivity index (χ4v) is 6.68. The lowest BCUT2D eigenvalue weighted by atomic mass is 10.1. The van der Waals surface area contributed by atoms with E-state index in [1.54, 1.807) is 12.1 Å². The van der Waals surface area contributed by atoms with Crippen molar-refractivity contribution in [1.82, 2.24) is 29.1 Å². The monoisotopic (exact) mass is 591 g/mol. The normalized spacial score (nSPS) is 13.1. The fraction of sp³-hybridized carbons (Fsp3) is 0.0513. The van der Waals surface area contributed by atoms with E-state index in [2.05, 4.69) is 80.9 Å². The topological polar surface area (TPSA) is 85.2 Å². The van der Waals surface area contributed by atoms with Crippen LogP contribution in [0.5, 0.6) is 0 Å². The third-order valence-electron chi connectivity index (χ3n) is 8.77. The molecule has 0 fully saturated rings. The Hall–Kier alpha value is -6.39. The van der Waals surface area contributed by atoms with E-state index in [-0.39, 0.29) is 0 Å². The first-order chi connectivity index (χ1) is 22.8. The van der Waals surface area contributed by atoms with Crippen molar-refractivity contribution in [1.29, 1.82) is 5.26 Å². The maximum absolute atomic E-state index is 9.41. The molecule has 8 aromatic rings. The van der Waals surface area contributed by atoms with Crippen molar-refractivity contribution in [3.05, 3.63) is 133 Å². The third kappa shape index (κ3) is 3.98. The Morgan fingerprint density at radius 1 is 0.630 bits per heavy atom. The van der Waals surface area contributed by atoms with Crippen LogP contribution in [0.1, 0.15) is 18.4 Å². The second-order valence-electron chi connectivity index (χ2n) is 11.4. The number of fused-ring (bicyclic) bond motifs is 7. The van der Waals surface area contributed by atoms with Crippen LogP contribution in [0.25, 0.3) is 78.0 Å². The van der Waals surface area contributed by atoms with E-state index >= 15 is 0 Å². The summed E-state index contributed by atoms with van der Waals surface area (Å²) in [7, 11) is 0. The molecule has 0 bridgehead atoms. The van der Waals surface area contributed by atoms with Crippen molar-refractivity contribution in [3.8, 4) is 34.8 Å².